The quantitative estimate of drug-likeness (QED) is 0.159. The lowest BCUT2D eigenvalue weighted by atomic mass is 9.82. The molecule has 0 unspecified atom stereocenters. The molecule has 0 spiro atoms. The van der Waals surface area contributed by atoms with Gasteiger partial charge in [0.2, 0.25) is 5.91 Å². The van der Waals surface area contributed by atoms with Crippen molar-refractivity contribution in [1.82, 2.24) is 4.90 Å². The first-order chi connectivity index (χ1) is 25.2. The van der Waals surface area contributed by atoms with Gasteiger partial charge in [-0.2, -0.15) is 0 Å². The molecule has 3 aliphatic heterocycles. The molecule has 0 radical (unpaired) electrons. The molecule has 2 aromatic carbocycles. The summed E-state index contributed by atoms with van der Waals surface area (Å²) >= 11 is 0. The maximum atomic E-state index is 14.2. The zero-order valence-electron chi connectivity index (χ0n) is 30.6. The van der Waals surface area contributed by atoms with Gasteiger partial charge in [0.25, 0.3) is 11.8 Å². The SMILES string of the molecule is CC(C)=CCC/C(C)=C/CN1C(=O)[C@](O)([C@H](C)/C=C/CC(=O)N2Cc3ccccc3C[C@H]2CO)c2cc(NC(=O)[C@H]3O[C@@H](O)[C@H](O)[C@@H](O)[C@@H]3O)ccc21. The van der Waals surface area contributed by atoms with Crippen LogP contribution in [0.3, 0.4) is 0 Å². The first kappa shape index (κ1) is 40.0. The third-order valence-corrected chi connectivity index (χ3v) is 10.4. The number of anilines is 2. The van der Waals surface area contributed by atoms with Crippen molar-refractivity contribution >= 4 is 29.1 Å². The number of hydrogen-bond acceptors (Lipinski definition) is 10. The summed E-state index contributed by atoms with van der Waals surface area (Å²) in [6.45, 7) is 8.05. The van der Waals surface area contributed by atoms with E-state index in [0.717, 1.165) is 29.5 Å². The molecule has 7 N–H and O–H groups in total. The Morgan fingerprint density at radius 3 is 2.43 bits per heavy atom. The van der Waals surface area contributed by atoms with E-state index in [4.69, 9.17) is 4.74 Å². The second-order valence-electron chi connectivity index (χ2n) is 14.4. The van der Waals surface area contributed by atoms with Gasteiger partial charge in [0, 0.05) is 36.7 Å². The monoisotopic (exact) mass is 733 g/mol. The van der Waals surface area contributed by atoms with Crippen LogP contribution in [0.4, 0.5) is 11.4 Å². The molecule has 1 fully saturated rings. The Bertz CT molecular complexity index is 1770. The second kappa shape index (κ2) is 16.9. The van der Waals surface area contributed by atoms with Crippen molar-refractivity contribution in [2.24, 2.45) is 5.92 Å². The van der Waals surface area contributed by atoms with Gasteiger partial charge in [-0.05, 0) is 69.4 Å². The number of fused-ring (bicyclic) bond motifs is 2. The molecule has 0 aliphatic carbocycles. The van der Waals surface area contributed by atoms with E-state index in [9.17, 15) is 45.0 Å². The summed E-state index contributed by atoms with van der Waals surface area (Å²) in [7, 11) is 0. The third-order valence-electron chi connectivity index (χ3n) is 10.4. The van der Waals surface area contributed by atoms with Gasteiger partial charge in [-0.25, -0.2) is 0 Å². The standard InChI is InChI=1S/C40H51N3O10/c1-23(2)9-7-10-24(3)17-18-42-31-16-15-28(41-37(49)36-34(47)33(46)35(48)38(50)53-36)20-30(31)40(52,39(42)51)25(4)11-8-14-32(45)43-21-27-13-6-5-12-26(27)19-29(43)22-44/h5-6,8-9,11-13,15-17,20,25,29,33-36,38,44,46-48,50,52H,7,10,14,18-19,21-22H2,1-4H3,(H,41,49)/b11-8+,24-17+/t25-,29+,33+,34+,35-,36+,38-,40+/m1/s1. The van der Waals surface area contributed by atoms with Crippen LogP contribution in [0, 0.1) is 5.92 Å². The summed E-state index contributed by atoms with van der Waals surface area (Å²) in [5.74, 6) is -2.57. The molecule has 0 bridgehead atoms. The van der Waals surface area contributed by atoms with E-state index in [2.05, 4.69) is 11.4 Å². The number of amides is 3. The van der Waals surface area contributed by atoms with Gasteiger partial charge in [0.05, 0.1) is 18.3 Å². The number of nitrogens with one attached hydrogen (secondary N) is 1. The molecule has 2 aromatic rings. The lowest BCUT2D eigenvalue weighted by Gasteiger charge is -2.37. The highest BCUT2D eigenvalue weighted by atomic mass is 16.6. The number of carbonyl (C=O) groups excluding carboxylic acids is 3. The average molecular weight is 734 g/mol. The van der Waals surface area contributed by atoms with Crippen LogP contribution in [0.15, 0.2) is 77.9 Å². The number of aliphatic hydroxyl groups is 6. The van der Waals surface area contributed by atoms with Crippen molar-refractivity contribution in [1.29, 1.82) is 0 Å². The minimum absolute atomic E-state index is 0.0241. The maximum absolute atomic E-state index is 14.2. The summed E-state index contributed by atoms with van der Waals surface area (Å²) in [4.78, 5) is 43.9. The Morgan fingerprint density at radius 1 is 1.02 bits per heavy atom. The minimum Gasteiger partial charge on any atom is -0.394 e. The van der Waals surface area contributed by atoms with E-state index < -0.39 is 54.0 Å². The van der Waals surface area contributed by atoms with Crippen LogP contribution < -0.4 is 10.2 Å². The van der Waals surface area contributed by atoms with Gasteiger partial charge in [-0.15, -0.1) is 0 Å². The predicted molar refractivity (Wildman–Crippen MR) is 197 cm³/mol. The van der Waals surface area contributed by atoms with E-state index in [1.54, 1.807) is 30.0 Å². The smallest absolute Gasteiger partial charge is 0.264 e. The lowest BCUT2D eigenvalue weighted by Crippen LogP contribution is -2.60. The minimum atomic E-state index is -2.10. The molecule has 13 nitrogen and oxygen atoms in total. The van der Waals surface area contributed by atoms with Crippen molar-refractivity contribution in [3.8, 4) is 0 Å². The fraction of sp³-hybridized carbons (Fsp3) is 0.475. The van der Waals surface area contributed by atoms with Gasteiger partial charge in [0.1, 0.15) is 18.3 Å². The number of ether oxygens (including phenoxy) is 1. The van der Waals surface area contributed by atoms with Crippen LogP contribution in [0.2, 0.25) is 0 Å². The zero-order valence-corrected chi connectivity index (χ0v) is 30.6. The second-order valence-corrected chi connectivity index (χ2v) is 14.4. The zero-order chi connectivity index (χ0) is 38.6. The Hall–Kier alpha value is -4.21. The topological polar surface area (TPSA) is 200 Å². The Labute approximate surface area is 309 Å². The van der Waals surface area contributed by atoms with E-state index in [-0.39, 0.29) is 42.8 Å². The van der Waals surface area contributed by atoms with Crippen molar-refractivity contribution in [2.45, 2.75) is 102 Å². The highest BCUT2D eigenvalue weighted by Gasteiger charge is 2.53. The van der Waals surface area contributed by atoms with Gasteiger partial charge >= 0.3 is 0 Å². The fourth-order valence-electron chi connectivity index (χ4n) is 7.11. The number of aliphatic hydroxyl groups excluding tert-OH is 5. The van der Waals surface area contributed by atoms with Gasteiger partial charge in [-0.1, -0.05) is 66.6 Å². The first-order valence-electron chi connectivity index (χ1n) is 18.0. The molecule has 8 atom stereocenters. The molecule has 13 heteroatoms. The van der Waals surface area contributed by atoms with Crippen LogP contribution in [0.1, 0.15) is 63.6 Å². The molecule has 1 saturated heterocycles. The largest absolute Gasteiger partial charge is 0.394 e. The van der Waals surface area contributed by atoms with Gasteiger partial charge < -0.3 is 50.5 Å². The average Bonchev–Trinajstić information content (AvgIpc) is 3.35. The van der Waals surface area contributed by atoms with Crippen LogP contribution in [0.25, 0.3) is 0 Å². The van der Waals surface area contributed by atoms with Gasteiger partial charge in [0.15, 0.2) is 18.0 Å². The van der Waals surface area contributed by atoms with E-state index in [1.807, 2.05) is 51.1 Å². The lowest BCUT2D eigenvalue weighted by molar-refractivity contribution is -0.274. The molecule has 3 aliphatic rings. The van der Waals surface area contributed by atoms with E-state index >= 15 is 0 Å². The molecule has 53 heavy (non-hydrogen) atoms. The Kier molecular flexibility index (Phi) is 12.7. The molecular formula is C40H51N3O10. The molecule has 0 aromatic heterocycles. The van der Waals surface area contributed by atoms with E-state index in [1.165, 1.54) is 22.6 Å². The molecule has 3 amide bonds. The number of hydrogen-bond donors (Lipinski definition) is 7. The highest BCUT2D eigenvalue weighted by molar-refractivity contribution is 6.08. The molecule has 286 valence electrons. The van der Waals surface area contributed by atoms with Crippen LogP contribution in [-0.2, 0) is 37.7 Å². The summed E-state index contributed by atoms with van der Waals surface area (Å²) < 4.78 is 5.06. The predicted octanol–water partition coefficient (Wildman–Crippen LogP) is 2.18. The molecule has 0 saturated carbocycles. The maximum Gasteiger partial charge on any atom is 0.264 e. The Balaban J connectivity index is 1.38. The third kappa shape index (κ3) is 8.47. The normalized spacial score (nSPS) is 27.7. The number of allylic oxidation sites excluding steroid dienone is 3. The molecule has 5 rings (SSSR count). The Morgan fingerprint density at radius 2 is 1.74 bits per heavy atom. The van der Waals surface area contributed by atoms with E-state index in [0.29, 0.717) is 18.7 Å². The summed E-state index contributed by atoms with van der Waals surface area (Å²) in [6, 6.07) is 12.0. The van der Waals surface area contributed by atoms with Crippen LogP contribution in [0.5, 0.6) is 0 Å². The van der Waals surface area contributed by atoms with Crippen molar-refractivity contribution < 1.29 is 49.8 Å². The van der Waals surface area contributed by atoms with Crippen molar-refractivity contribution in [3.05, 3.63) is 94.6 Å². The summed E-state index contributed by atoms with van der Waals surface area (Å²) in [6.07, 6.45) is 0.289. The number of nitrogens with zero attached hydrogens (tertiary/aromatic N) is 2. The number of benzene rings is 2. The van der Waals surface area contributed by atoms with Crippen molar-refractivity contribution in [2.75, 3.05) is 23.4 Å². The number of carbonyl (C=O) groups is 3. The van der Waals surface area contributed by atoms with Crippen LogP contribution in [-0.4, -0.2) is 103 Å². The summed E-state index contributed by atoms with van der Waals surface area (Å²) in [5, 5.41) is 65.1. The summed E-state index contributed by atoms with van der Waals surface area (Å²) in [5.41, 5.74) is 3.03. The molecular weight excluding hydrogens is 682 g/mol. The van der Waals surface area contributed by atoms with Crippen LogP contribution >= 0.6 is 0 Å². The highest BCUT2D eigenvalue weighted by Crippen LogP contribution is 2.46. The van der Waals surface area contributed by atoms with Crippen molar-refractivity contribution in [3.63, 3.8) is 0 Å². The molecule has 3 heterocycles. The van der Waals surface area contributed by atoms with Gasteiger partial charge in [-0.3, -0.25) is 14.4 Å². The number of rotatable bonds is 12. The first-order valence-corrected chi connectivity index (χ1v) is 18.0. The fourth-order valence-corrected chi connectivity index (χ4v) is 7.11.